The van der Waals surface area contributed by atoms with Crippen molar-refractivity contribution in [2.75, 3.05) is 4.90 Å². The molecule has 0 spiro atoms. The van der Waals surface area contributed by atoms with Crippen LogP contribution in [0.15, 0.2) is 212 Å². The molecule has 2 aliphatic rings. The maximum absolute atomic E-state index is 2.68. The maximum atomic E-state index is 2.68. The minimum absolute atomic E-state index is 0.0285. The molecule has 0 radical (unpaired) electrons. The molecule has 0 fully saturated rings. The summed E-state index contributed by atoms with van der Waals surface area (Å²) in [6, 6.07) is 79.7. The number of fused-ring (bicyclic) bond motifs is 10. The number of nitrogens with zero attached hydrogens (tertiary/aromatic N) is 3. The topological polar surface area (TPSA) is 13.1 Å². The Hall–Kier alpha value is -7.82. The fourth-order valence-electron chi connectivity index (χ4n) is 12.1. The summed E-state index contributed by atoms with van der Waals surface area (Å²) in [4.78, 5) is 2.68. The van der Waals surface area contributed by atoms with Crippen molar-refractivity contribution in [3.8, 4) is 33.6 Å². The van der Waals surface area contributed by atoms with E-state index in [1.807, 2.05) is 0 Å². The van der Waals surface area contributed by atoms with Crippen LogP contribution < -0.4 is 30.2 Å². The molecule has 14 rings (SSSR count). The summed E-state index contributed by atoms with van der Waals surface area (Å²) in [7, 11) is 0. The van der Waals surface area contributed by atoms with E-state index >= 15 is 0 Å². The Balaban J connectivity index is 1.07. The molecule has 0 aliphatic carbocycles. The van der Waals surface area contributed by atoms with Crippen LogP contribution in [0.5, 0.6) is 0 Å². The molecule has 71 heavy (non-hydrogen) atoms. The number of aromatic nitrogens is 2. The molecule has 2 aromatic heterocycles. The number of anilines is 3. The van der Waals surface area contributed by atoms with E-state index in [0.29, 0.717) is 0 Å². The van der Waals surface area contributed by atoms with Gasteiger partial charge >= 0.3 is 418 Å². The molecular weight excluding hydrogens is 925 g/mol. The molecule has 0 N–H and O–H groups in total. The molecule has 2 aliphatic heterocycles. The van der Waals surface area contributed by atoms with Crippen molar-refractivity contribution in [2.45, 2.75) is 40.0 Å². The molecule has 12 aromatic rings. The number of para-hydroxylation sites is 5. The van der Waals surface area contributed by atoms with E-state index in [2.05, 4.69) is 261 Å². The summed E-state index contributed by atoms with van der Waals surface area (Å²) in [6.07, 6.45) is 0. The summed E-state index contributed by atoms with van der Waals surface area (Å²) in [5.41, 5.74) is 24.1. The Bertz CT molecular complexity index is 4070. The molecule has 4 heterocycles. The van der Waals surface area contributed by atoms with Crippen molar-refractivity contribution in [3.63, 3.8) is 0 Å². The molecular formula is C66H50BN3Se. The van der Waals surface area contributed by atoms with Crippen molar-refractivity contribution in [1.29, 1.82) is 0 Å². The molecule has 3 nitrogen and oxygen atoms in total. The van der Waals surface area contributed by atoms with Crippen LogP contribution in [-0.4, -0.2) is 30.8 Å². The average molecular weight is 975 g/mol. The van der Waals surface area contributed by atoms with Gasteiger partial charge in [-0.15, -0.1) is 0 Å². The van der Waals surface area contributed by atoms with E-state index in [4.69, 9.17) is 0 Å². The first kappa shape index (κ1) is 42.1. The number of rotatable bonds is 5. The second kappa shape index (κ2) is 15.9. The molecule has 0 bridgehead atoms. The van der Waals surface area contributed by atoms with Crippen molar-refractivity contribution in [2.24, 2.45) is 0 Å². The van der Waals surface area contributed by atoms with E-state index in [-0.39, 0.29) is 27.1 Å². The summed E-state index contributed by atoms with van der Waals surface area (Å²) >= 11 is 0.0285. The third-order valence-corrected chi connectivity index (χ3v) is 18.2. The zero-order chi connectivity index (χ0) is 47.7. The van der Waals surface area contributed by atoms with Gasteiger partial charge in [0, 0.05) is 0 Å². The third kappa shape index (κ3) is 6.29. The molecule has 0 atom stereocenters. The van der Waals surface area contributed by atoms with Crippen LogP contribution >= 0.6 is 0 Å². The molecule has 10 aromatic carbocycles. The summed E-state index contributed by atoms with van der Waals surface area (Å²) in [5.74, 6) is 0. The first-order valence-corrected chi connectivity index (χ1v) is 26.6. The molecule has 0 amide bonds. The predicted molar refractivity (Wildman–Crippen MR) is 305 cm³/mol. The van der Waals surface area contributed by atoms with Crippen LogP contribution in [0.3, 0.4) is 0 Å². The fourth-order valence-corrected chi connectivity index (χ4v) is 14.9. The molecule has 0 unspecified atom stereocenters. The van der Waals surface area contributed by atoms with E-state index in [9.17, 15) is 0 Å². The molecule has 0 saturated heterocycles. The van der Waals surface area contributed by atoms with Gasteiger partial charge in [-0.05, 0) is 0 Å². The first-order chi connectivity index (χ1) is 34.7. The van der Waals surface area contributed by atoms with Crippen LogP contribution in [0.25, 0.3) is 77.2 Å². The van der Waals surface area contributed by atoms with Gasteiger partial charge in [0.2, 0.25) is 0 Å². The van der Waals surface area contributed by atoms with E-state index < -0.39 is 0 Å². The number of benzene rings is 10. The van der Waals surface area contributed by atoms with Crippen molar-refractivity contribution >= 4 is 108 Å². The normalized spacial score (nSPS) is 13.0. The Morgan fingerprint density at radius 2 is 0.915 bits per heavy atom. The van der Waals surface area contributed by atoms with Crippen LogP contribution in [0.1, 0.15) is 37.5 Å². The predicted octanol–water partition coefficient (Wildman–Crippen LogP) is 13.4. The second-order valence-electron chi connectivity index (χ2n) is 20.5. The van der Waals surface area contributed by atoms with E-state index in [1.165, 1.54) is 136 Å². The standard InChI is InChI=1S/C66H50BN3Se/c1-41-54(68-57-30-15-10-25-48(57)49-26-11-16-31-58(49)68)36-34-52-64(41)70(56-29-14-9-24-47(56)45-23-19-22-44(38-45)43-20-7-6-8-21-43)61-39-46(66(3,4)5)40-62-63(61)67(52)53-35-37-55(42(2)65(53)71-62)69-59-32-17-12-27-50(59)51-28-13-18-33-60(51)69/h6-40H,1-5H3. The van der Waals surface area contributed by atoms with Gasteiger partial charge in [0.05, 0.1) is 0 Å². The Morgan fingerprint density at radius 3 is 1.52 bits per heavy atom. The van der Waals surface area contributed by atoms with Gasteiger partial charge in [-0.3, -0.25) is 0 Å². The van der Waals surface area contributed by atoms with Crippen LogP contribution in [0.4, 0.5) is 17.1 Å². The van der Waals surface area contributed by atoms with Crippen LogP contribution in [0, 0.1) is 13.8 Å². The van der Waals surface area contributed by atoms with Crippen LogP contribution in [-0.2, 0) is 5.41 Å². The van der Waals surface area contributed by atoms with Gasteiger partial charge in [-0.1, -0.05) is 6.07 Å². The third-order valence-electron chi connectivity index (χ3n) is 15.5. The summed E-state index contributed by atoms with van der Waals surface area (Å²) < 4.78 is 8.00. The van der Waals surface area contributed by atoms with Gasteiger partial charge in [0.25, 0.3) is 0 Å². The minimum atomic E-state index is -0.0907. The zero-order valence-electron chi connectivity index (χ0n) is 40.5. The second-order valence-corrected chi connectivity index (χ2v) is 22.7. The first-order valence-electron chi connectivity index (χ1n) is 24.9. The van der Waals surface area contributed by atoms with Crippen molar-refractivity contribution in [3.05, 3.63) is 229 Å². The number of hydrogen-bond acceptors (Lipinski definition) is 1. The van der Waals surface area contributed by atoms with Gasteiger partial charge in [-0.2, -0.15) is 0 Å². The Kier molecular flexibility index (Phi) is 9.40. The molecule has 5 heteroatoms. The van der Waals surface area contributed by atoms with Gasteiger partial charge in [0.15, 0.2) is 0 Å². The quantitative estimate of drug-likeness (QED) is 0.157. The van der Waals surface area contributed by atoms with Gasteiger partial charge in [-0.25, -0.2) is 0 Å². The van der Waals surface area contributed by atoms with Gasteiger partial charge in [0.1, 0.15) is 0 Å². The SMILES string of the molecule is Cc1c(-n2c3ccccc3c3ccccc32)ccc2c1[Se]c1cc(C(C)(C)C)cc3c1B2c1ccc(-n2c4ccccc4c4ccccc42)c(C)c1N3c1ccccc1-c1cccc(-c2ccccc2)c1. The Morgan fingerprint density at radius 1 is 0.408 bits per heavy atom. The van der Waals surface area contributed by atoms with Crippen molar-refractivity contribution in [1.82, 2.24) is 9.13 Å². The number of hydrogen-bond donors (Lipinski definition) is 0. The van der Waals surface area contributed by atoms with Crippen molar-refractivity contribution < 1.29 is 0 Å². The summed E-state index contributed by atoms with van der Waals surface area (Å²) in [6.45, 7) is 12.0. The summed E-state index contributed by atoms with van der Waals surface area (Å²) in [5, 5.41) is 5.11. The fraction of sp³-hybridized carbons (Fsp3) is 0.0909. The van der Waals surface area contributed by atoms with E-state index in [0.717, 1.165) is 0 Å². The monoisotopic (exact) mass is 975 g/mol. The Labute approximate surface area is 421 Å². The molecule has 338 valence electrons. The molecule has 0 saturated carbocycles. The zero-order valence-corrected chi connectivity index (χ0v) is 42.2. The van der Waals surface area contributed by atoms with E-state index in [1.54, 1.807) is 0 Å². The van der Waals surface area contributed by atoms with Gasteiger partial charge < -0.3 is 0 Å². The van der Waals surface area contributed by atoms with Crippen LogP contribution in [0.2, 0.25) is 0 Å². The average Bonchev–Trinajstić information content (AvgIpc) is 3.92.